The summed E-state index contributed by atoms with van der Waals surface area (Å²) >= 11 is 0. The lowest BCUT2D eigenvalue weighted by Gasteiger charge is -2.39. The summed E-state index contributed by atoms with van der Waals surface area (Å²) < 4.78 is 13.1. The number of nitrogens with zero attached hydrogens (tertiary/aromatic N) is 1. The van der Waals surface area contributed by atoms with E-state index in [2.05, 4.69) is 22.1 Å². The lowest BCUT2D eigenvalue weighted by atomic mass is 9.99. The van der Waals surface area contributed by atoms with Crippen molar-refractivity contribution >= 4 is 6.03 Å². The van der Waals surface area contributed by atoms with Crippen molar-refractivity contribution in [3.63, 3.8) is 0 Å². The molecule has 2 aliphatic rings. The smallest absolute Gasteiger partial charge is 0.315 e. The van der Waals surface area contributed by atoms with E-state index in [0.717, 1.165) is 41.8 Å². The number of rotatable bonds is 11. The maximum Gasteiger partial charge on any atom is 0.315 e. The molecule has 0 bridgehead atoms. The quantitative estimate of drug-likeness (QED) is 0.374. The zero-order valence-corrected chi connectivity index (χ0v) is 21.9. The van der Waals surface area contributed by atoms with Gasteiger partial charge < -0.3 is 25.2 Å². The van der Waals surface area contributed by atoms with Gasteiger partial charge in [0.1, 0.15) is 0 Å². The Morgan fingerprint density at radius 2 is 1.70 bits per heavy atom. The molecule has 7 heteroatoms. The largest absolute Gasteiger partial charge is 0.392 e. The van der Waals surface area contributed by atoms with E-state index in [1.807, 2.05) is 61.5 Å². The van der Waals surface area contributed by atoms with E-state index in [-0.39, 0.29) is 24.8 Å². The fourth-order valence-electron chi connectivity index (χ4n) is 5.30. The summed E-state index contributed by atoms with van der Waals surface area (Å²) in [7, 11) is 0. The number of hydrogen-bond donors (Lipinski definition) is 3. The van der Waals surface area contributed by atoms with E-state index < -0.39 is 6.29 Å². The number of ether oxygens (including phenoxy) is 2. The van der Waals surface area contributed by atoms with Crippen LogP contribution in [0.1, 0.15) is 73.7 Å². The molecule has 3 N–H and O–H groups in total. The fraction of sp³-hybridized carbons (Fsp3) is 0.500. The third-order valence-electron chi connectivity index (χ3n) is 7.30. The zero-order chi connectivity index (χ0) is 26.0. The van der Waals surface area contributed by atoms with Gasteiger partial charge in [-0.1, -0.05) is 67.4 Å². The Balaban J connectivity index is 1.49. The number of aliphatic hydroxyl groups excluding tert-OH is 1. The van der Waals surface area contributed by atoms with E-state index in [1.54, 1.807) is 0 Å². The van der Waals surface area contributed by atoms with Crippen LogP contribution < -0.4 is 10.6 Å². The zero-order valence-electron chi connectivity index (χ0n) is 21.9. The van der Waals surface area contributed by atoms with Crippen molar-refractivity contribution in [2.75, 3.05) is 19.6 Å². The van der Waals surface area contributed by atoms with Crippen molar-refractivity contribution in [1.82, 2.24) is 15.5 Å². The monoisotopic (exact) mass is 507 g/mol. The number of carbonyl (C=O) groups is 1. The van der Waals surface area contributed by atoms with Gasteiger partial charge in [0.25, 0.3) is 0 Å². The second-order valence-corrected chi connectivity index (χ2v) is 9.99. The molecule has 1 saturated heterocycles. The summed E-state index contributed by atoms with van der Waals surface area (Å²) in [5.41, 5.74) is 3.95. The number of amides is 2. The van der Waals surface area contributed by atoms with Crippen LogP contribution in [0.4, 0.5) is 4.79 Å². The molecule has 0 spiro atoms. The normalized spacial score (nSPS) is 22.2. The molecule has 2 aromatic rings. The molecule has 37 heavy (non-hydrogen) atoms. The van der Waals surface area contributed by atoms with Crippen LogP contribution >= 0.6 is 0 Å². The average molecular weight is 508 g/mol. The molecule has 1 heterocycles. The van der Waals surface area contributed by atoms with Crippen LogP contribution in [0.15, 0.2) is 61.2 Å². The number of aliphatic hydroxyl groups is 1. The van der Waals surface area contributed by atoms with E-state index in [1.165, 1.54) is 25.7 Å². The molecular weight excluding hydrogens is 466 g/mol. The molecule has 0 aromatic heterocycles. The predicted octanol–water partition coefficient (Wildman–Crippen LogP) is 4.97. The number of urea groups is 1. The highest BCUT2D eigenvalue weighted by Crippen LogP contribution is 2.38. The van der Waals surface area contributed by atoms with Crippen molar-refractivity contribution < 1.29 is 19.4 Å². The van der Waals surface area contributed by atoms with Gasteiger partial charge in [0.2, 0.25) is 0 Å². The average Bonchev–Trinajstić information content (AvgIpc) is 3.47. The molecule has 200 valence electrons. The van der Waals surface area contributed by atoms with Crippen LogP contribution in [-0.2, 0) is 22.6 Å². The first-order valence-corrected chi connectivity index (χ1v) is 13.6. The number of carbonyl (C=O) groups excluding carboxylic acids is 1. The van der Waals surface area contributed by atoms with Crippen molar-refractivity contribution in [3.05, 3.63) is 83.4 Å². The molecule has 2 fully saturated rings. The van der Waals surface area contributed by atoms with Gasteiger partial charge in [-0.3, -0.25) is 4.90 Å². The highest BCUT2D eigenvalue weighted by atomic mass is 16.7. The lowest BCUT2D eigenvalue weighted by molar-refractivity contribution is -0.253. The summed E-state index contributed by atoms with van der Waals surface area (Å²) in [6.45, 7) is 8.67. The second kappa shape index (κ2) is 13.7. The maximum absolute atomic E-state index is 11.7. The molecule has 3 atom stereocenters. The van der Waals surface area contributed by atoms with Gasteiger partial charge in [0.15, 0.2) is 6.29 Å². The first kappa shape index (κ1) is 27.3. The third-order valence-corrected chi connectivity index (χ3v) is 7.30. The summed E-state index contributed by atoms with van der Waals surface area (Å²) in [4.78, 5) is 14.2. The van der Waals surface area contributed by atoms with Crippen LogP contribution in [0.2, 0.25) is 0 Å². The van der Waals surface area contributed by atoms with Crippen molar-refractivity contribution in [3.8, 4) is 0 Å². The summed E-state index contributed by atoms with van der Waals surface area (Å²) in [6, 6.07) is 16.5. The SMILES string of the molecule is C=CCN(CC1CC(c2ccc(CO)cc2)OC(c2ccc(CNC(=O)NCC)cc2)O1)C1CCCC1. The molecule has 0 radical (unpaired) electrons. The molecule has 1 saturated carbocycles. The standard InChI is InChI=1S/C30H41N3O4/c1-3-17-33(26-7-5-6-8-26)20-27-18-28(24-13-11-23(21-34)12-14-24)37-29(36-27)25-15-9-22(10-16-25)19-32-30(35)31-4-2/h3,9-16,26-29,34H,1,4-8,17-21H2,2H3,(H2,31,32,35). The minimum atomic E-state index is -0.485. The summed E-state index contributed by atoms with van der Waals surface area (Å²) in [5.74, 6) is 0. The Labute approximate surface area is 220 Å². The minimum absolute atomic E-state index is 0.0147. The molecule has 1 aliphatic carbocycles. The Morgan fingerprint density at radius 3 is 2.35 bits per heavy atom. The van der Waals surface area contributed by atoms with E-state index in [0.29, 0.717) is 19.1 Å². The molecule has 3 unspecified atom stereocenters. The Morgan fingerprint density at radius 1 is 1.03 bits per heavy atom. The van der Waals surface area contributed by atoms with Gasteiger partial charge >= 0.3 is 6.03 Å². The van der Waals surface area contributed by atoms with Gasteiger partial charge in [-0.25, -0.2) is 4.79 Å². The van der Waals surface area contributed by atoms with Crippen LogP contribution in [0.5, 0.6) is 0 Å². The molecule has 1 aliphatic heterocycles. The first-order chi connectivity index (χ1) is 18.1. The molecule has 4 rings (SSSR count). The van der Waals surface area contributed by atoms with Gasteiger partial charge in [-0.15, -0.1) is 6.58 Å². The van der Waals surface area contributed by atoms with Crippen molar-refractivity contribution in [2.45, 2.75) is 76.7 Å². The van der Waals surface area contributed by atoms with Crippen molar-refractivity contribution in [1.29, 1.82) is 0 Å². The fourth-order valence-corrected chi connectivity index (χ4v) is 5.30. The van der Waals surface area contributed by atoms with Crippen LogP contribution in [0.3, 0.4) is 0 Å². The van der Waals surface area contributed by atoms with Crippen LogP contribution in [0.25, 0.3) is 0 Å². The third kappa shape index (κ3) is 7.65. The highest BCUT2D eigenvalue weighted by Gasteiger charge is 2.34. The summed E-state index contributed by atoms with van der Waals surface area (Å²) in [6.07, 6.45) is 7.23. The first-order valence-electron chi connectivity index (χ1n) is 13.6. The number of benzene rings is 2. The van der Waals surface area contributed by atoms with Gasteiger partial charge in [-0.05, 0) is 36.5 Å². The van der Waals surface area contributed by atoms with E-state index >= 15 is 0 Å². The molecule has 2 aromatic carbocycles. The highest BCUT2D eigenvalue weighted by molar-refractivity contribution is 5.73. The molecule has 2 amide bonds. The lowest BCUT2D eigenvalue weighted by Crippen LogP contribution is -2.43. The predicted molar refractivity (Wildman–Crippen MR) is 145 cm³/mol. The van der Waals surface area contributed by atoms with E-state index in [9.17, 15) is 9.90 Å². The van der Waals surface area contributed by atoms with Gasteiger partial charge in [-0.2, -0.15) is 0 Å². The van der Waals surface area contributed by atoms with Gasteiger partial charge in [0.05, 0.1) is 18.8 Å². The molecular formula is C30H41N3O4. The number of hydrogen-bond acceptors (Lipinski definition) is 5. The summed E-state index contributed by atoms with van der Waals surface area (Å²) in [5, 5.41) is 15.1. The molecule has 7 nitrogen and oxygen atoms in total. The van der Waals surface area contributed by atoms with Gasteiger partial charge in [0, 0.05) is 44.2 Å². The second-order valence-electron chi connectivity index (χ2n) is 9.99. The van der Waals surface area contributed by atoms with Crippen LogP contribution in [-0.4, -0.2) is 47.8 Å². The maximum atomic E-state index is 11.7. The van der Waals surface area contributed by atoms with Crippen molar-refractivity contribution in [2.24, 2.45) is 0 Å². The minimum Gasteiger partial charge on any atom is -0.392 e. The Bertz CT molecular complexity index is 989. The Kier molecular flexibility index (Phi) is 10.1. The Hall–Kier alpha value is -2.71. The van der Waals surface area contributed by atoms with Crippen LogP contribution in [0, 0.1) is 0 Å². The van der Waals surface area contributed by atoms with E-state index in [4.69, 9.17) is 9.47 Å². The number of nitrogens with one attached hydrogen (secondary N) is 2. The topological polar surface area (TPSA) is 83.1 Å².